The van der Waals surface area contributed by atoms with Crippen molar-refractivity contribution in [2.24, 2.45) is 5.92 Å². The maximum atomic E-state index is 12.3. The van der Waals surface area contributed by atoms with Crippen LogP contribution in [0.4, 0.5) is 0 Å². The molecule has 1 saturated carbocycles. The zero-order chi connectivity index (χ0) is 16.1. The summed E-state index contributed by atoms with van der Waals surface area (Å²) in [7, 11) is 0. The van der Waals surface area contributed by atoms with Gasteiger partial charge in [-0.15, -0.1) is 0 Å². The van der Waals surface area contributed by atoms with Crippen molar-refractivity contribution in [3.05, 3.63) is 35.9 Å². The quantitative estimate of drug-likeness (QED) is 0.870. The Hall–Kier alpha value is -1.88. The minimum atomic E-state index is -0.592. The van der Waals surface area contributed by atoms with Gasteiger partial charge in [-0.2, -0.15) is 0 Å². The molecule has 5 nitrogen and oxygen atoms in total. The second-order valence-electron chi connectivity index (χ2n) is 6.45. The zero-order valence-corrected chi connectivity index (χ0v) is 13.3. The molecule has 1 aliphatic heterocycles. The van der Waals surface area contributed by atoms with E-state index in [9.17, 15) is 9.59 Å². The lowest BCUT2D eigenvalue weighted by atomic mass is 9.82. The highest BCUT2D eigenvalue weighted by molar-refractivity contribution is 5.97. The summed E-state index contributed by atoms with van der Waals surface area (Å²) in [6.45, 7) is 0.635. The largest absolute Gasteiger partial charge is 0.374 e. The van der Waals surface area contributed by atoms with Crippen LogP contribution in [0.25, 0.3) is 0 Å². The van der Waals surface area contributed by atoms with Crippen molar-refractivity contribution in [2.75, 3.05) is 6.61 Å². The molecule has 2 atom stereocenters. The number of rotatable bonds is 5. The molecule has 1 aliphatic carbocycles. The minimum Gasteiger partial charge on any atom is -0.374 e. The maximum Gasteiger partial charge on any atom is 0.245 e. The van der Waals surface area contributed by atoms with Gasteiger partial charge in [0.25, 0.3) is 0 Å². The van der Waals surface area contributed by atoms with Crippen molar-refractivity contribution >= 4 is 11.8 Å². The van der Waals surface area contributed by atoms with Crippen LogP contribution < -0.4 is 10.6 Å². The molecule has 0 radical (unpaired) electrons. The van der Waals surface area contributed by atoms with Gasteiger partial charge in [-0.05, 0) is 24.3 Å². The maximum absolute atomic E-state index is 12.3. The van der Waals surface area contributed by atoms with Gasteiger partial charge in [0.2, 0.25) is 11.8 Å². The molecule has 23 heavy (non-hydrogen) atoms. The molecule has 0 unspecified atom stereocenters. The Morgan fingerprint density at radius 3 is 2.43 bits per heavy atom. The Balaban J connectivity index is 1.49. The van der Waals surface area contributed by atoms with Crippen molar-refractivity contribution in [1.29, 1.82) is 0 Å². The molecule has 3 rings (SSSR count). The van der Waals surface area contributed by atoms with Crippen LogP contribution in [0, 0.1) is 5.92 Å². The van der Waals surface area contributed by atoms with Crippen LogP contribution in [0.15, 0.2) is 30.3 Å². The number of nitrogens with one attached hydrogen (secondary N) is 2. The number of benzene rings is 1. The second kappa shape index (κ2) is 7.59. The Morgan fingerprint density at radius 2 is 1.70 bits per heavy atom. The third-order valence-electron chi connectivity index (χ3n) is 4.73. The molecule has 5 heteroatoms. The van der Waals surface area contributed by atoms with E-state index in [1.807, 2.05) is 30.3 Å². The van der Waals surface area contributed by atoms with Gasteiger partial charge in [-0.3, -0.25) is 9.59 Å². The Morgan fingerprint density at radius 1 is 0.957 bits per heavy atom. The number of amides is 2. The molecule has 0 spiro atoms. The summed E-state index contributed by atoms with van der Waals surface area (Å²) < 4.78 is 5.58. The summed E-state index contributed by atoms with van der Waals surface area (Å²) in [4.78, 5) is 24.5. The van der Waals surface area contributed by atoms with Crippen LogP contribution in [0.5, 0.6) is 0 Å². The fourth-order valence-corrected chi connectivity index (χ4v) is 3.43. The SMILES string of the molecule is O=C1N[C@@H](C2CCCCC2)C(=O)N[C@H]1COCc1ccccc1. The molecule has 2 fully saturated rings. The van der Waals surface area contributed by atoms with Gasteiger partial charge in [0.1, 0.15) is 12.1 Å². The standard InChI is InChI=1S/C18H24N2O3/c21-17-15(12-23-11-13-7-3-1-4-8-13)19-18(22)16(20-17)14-9-5-2-6-10-14/h1,3-4,7-8,14-16H,2,5-6,9-12H2,(H,19,22)(H,20,21)/t15-,16-/m0/s1. The fourth-order valence-electron chi connectivity index (χ4n) is 3.43. The monoisotopic (exact) mass is 316 g/mol. The van der Waals surface area contributed by atoms with E-state index in [4.69, 9.17) is 4.74 Å². The lowest BCUT2D eigenvalue weighted by Crippen LogP contribution is -2.65. The molecule has 2 N–H and O–H groups in total. The van der Waals surface area contributed by atoms with Gasteiger partial charge >= 0.3 is 0 Å². The van der Waals surface area contributed by atoms with E-state index in [0.29, 0.717) is 6.61 Å². The third-order valence-corrected chi connectivity index (χ3v) is 4.73. The van der Waals surface area contributed by atoms with E-state index in [2.05, 4.69) is 10.6 Å². The van der Waals surface area contributed by atoms with E-state index in [0.717, 1.165) is 31.2 Å². The van der Waals surface area contributed by atoms with E-state index >= 15 is 0 Å². The minimum absolute atomic E-state index is 0.0650. The number of ether oxygens (including phenoxy) is 1. The molecule has 1 aromatic rings. The molecule has 2 amide bonds. The van der Waals surface area contributed by atoms with Crippen molar-refractivity contribution < 1.29 is 14.3 Å². The first-order chi connectivity index (χ1) is 11.2. The van der Waals surface area contributed by atoms with E-state index in [-0.39, 0.29) is 30.4 Å². The summed E-state index contributed by atoms with van der Waals surface area (Å²) in [5, 5.41) is 5.73. The van der Waals surface area contributed by atoms with Crippen LogP contribution in [-0.4, -0.2) is 30.5 Å². The van der Waals surface area contributed by atoms with Gasteiger partial charge in [0.15, 0.2) is 0 Å². The number of piperazine rings is 1. The first kappa shape index (κ1) is 16.0. The van der Waals surface area contributed by atoms with Gasteiger partial charge in [-0.25, -0.2) is 0 Å². The fraction of sp³-hybridized carbons (Fsp3) is 0.556. The average molecular weight is 316 g/mol. The highest BCUT2D eigenvalue weighted by Crippen LogP contribution is 2.27. The Bertz CT molecular complexity index is 540. The van der Waals surface area contributed by atoms with Gasteiger partial charge < -0.3 is 15.4 Å². The smallest absolute Gasteiger partial charge is 0.245 e. The first-order valence-electron chi connectivity index (χ1n) is 8.46. The van der Waals surface area contributed by atoms with Crippen LogP contribution >= 0.6 is 0 Å². The summed E-state index contributed by atoms with van der Waals surface area (Å²) in [5.41, 5.74) is 1.05. The molecule has 2 aliphatic rings. The highest BCUT2D eigenvalue weighted by atomic mass is 16.5. The van der Waals surface area contributed by atoms with E-state index < -0.39 is 6.04 Å². The number of hydrogen-bond acceptors (Lipinski definition) is 3. The van der Waals surface area contributed by atoms with Crippen LogP contribution in [0.3, 0.4) is 0 Å². The lowest BCUT2D eigenvalue weighted by Gasteiger charge is -2.35. The number of carbonyl (C=O) groups is 2. The van der Waals surface area contributed by atoms with Crippen molar-refractivity contribution in [3.63, 3.8) is 0 Å². The summed E-state index contributed by atoms with van der Waals surface area (Å²) in [5.74, 6) is 0.0805. The summed E-state index contributed by atoms with van der Waals surface area (Å²) in [6, 6.07) is 8.82. The lowest BCUT2D eigenvalue weighted by molar-refractivity contribution is -0.140. The van der Waals surface area contributed by atoms with E-state index in [1.165, 1.54) is 6.42 Å². The van der Waals surface area contributed by atoms with Crippen molar-refractivity contribution in [2.45, 2.75) is 50.8 Å². The number of hydrogen-bond donors (Lipinski definition) is 2. The first-order valence-corrected chi connectivity index (χ1v) is 8.46. The van der Waals surface area contributed by atoms with Crippen molar-refractivity contribution in [1.82, 2.24) is 10.6 Å². The number of carbonyl (C=O) groups excluding carboxylic acids is 2. The zero-order valence-electron chi connectivity index (χ0n) is 13.3. The molecule has 0 bridgehead atoms. The molecular weight excluding hydrogens is 292 g/mol. The predicted octanol–water partition coefficient (Wildman–Crippen LogP) is 1.77. The van der Waals surface area contributed by atoms with Gasteiger partial charge in [0, 0.05) is 0 Å². The van der Waals surface area contributed by atoms with Gasteiger partial charge in [0.05, 0.1) is 13.2 Å². The van der Waals surface area contributed by atoms with E-state index in [1.54, 1.807) is 0 Å². The molecule has 124 valence electrons. The van der Waals surface area contributed by atoms with Crippen LogP contribution in [-0.2, 0) is 20.9 Å². The molecule has 1 heterocycles. The second-order valence-corrected chi connectivity index (χ2v) is 6.45. The Kier molecular flexibility index (Phi) is 5.28. The highest BCUT2D eigenvalue weighted by Gasteiger charge is 2.38. The predicted molar refractivity (Wildman–Crippen MR) is 86.5 cm³/mol. The average Bonchev–Trinajstić information content (AvgIpc) is 2.59. The summed E-state index contributed by atoms with van der Waals surface area (Å²) in [6.07, 6.45) is 5.57. The molecular formula is C18H24N2O3. The normalized spacial score (nSPS) is 25.7. The van der Waals surface area contributed by atoms with Crippen LogP contribution in [0.2, 0.25) is 0 Å². The third kappa shape index (κ3) is 4.10. The van der Waals surface area contributed by atoms with Crippen molar-refractivity contribution in [3.8, 4) is 0 Å². The van der Waals surface area contributed by atoms with Crippen LogP contribution in [0.1, 0.15) is 37.7 Å². The molecule has 1 aromatic carbocycles. The van der Waals surface area contributed by atoms with Gasteiger partial charge in [-0.1, -0.05) is 49.6 Å². The molecule has 1 saturated heterocycles. The molecule has 0 aromatic heterocycles. The Labute approximate surface area is 136 Å². The topological polar surface area (TPSA) is 67.4 Å². The summed E-state index contributed by atoms with van der Waals surface area (Å²) >= 11 is 0.